The number of aryl methyl sites for hydroxylation is 1. The molecule has 2 fully saturated rings. The molecule has 2 aromatic rings. The summed E-state index contributed by atoms with van der Waals surface area (Å²) in [5.74, 6) is 2.59. The first-order valence-corrected chi connectivity index (χ1v) is 11.1. The van der Waals surface area contributed by atoms with Crippen molar-refractivity contribution in [3.8, 4) is 5.75 Å². The van der Waals surface area contributed by atoms with E-state index in [2.05, 4.69) is 25.1 Å². The van der Waals surface area contributed by atoms with Gasteiger partial charge in [0.2, 0.25) is 11.9 Å². The molecular formula is C22H28N6O3. The van der Waals surface area contributed by atoms with Crippen molar-refractivity contribution in [2.24, 2.45) is 0 Å². The molecule has 0 aliphatic carbocycles. The number of carbonyl (C=O) groups is 1. The van der Waals surface area contributed by atoms with Crippen molar-refractivity contribution in [1.29, 1.82) is 0 Å². The molecule has 1 aromatic heterocycles. The van der Waals surface area contributed by atoms with Gasteiger partial charge < -0.3 is 24.6 Å². The second-order valence-electron chi connectivity index (χ2n) is 8.12. The van der Waals surface area contributed by atoms with Crippen LogP contribution in [0.1, 0.15) is 30.7 Å². The van der Waals surface area contributed by atoms with Crippen LogP contribution in [-0.2, 0) is 22.5 Å². The summed E-state index contributed by atoms with van der Waals surface area (Å²) in [5.41, 5.74) is 1.15. The number of carbonyl (C=O) groups excluding carboxylic acids is 1. The highest BCUT2D eigenvalue weighted by Gasteiger charge is 2.26. The summed E-state index contributed by atoms with van der Waals surface area (Å²) in [7, 11) is 0. The number of amides is 1. The molecule has 31 heavy (non-hydrogen) atoms. The van der Waals surface area contributed by atoms with Gasteiger partial charge in [-0.2, -0.15) is 15.0 Å². The zero-order chi connectivity index (χ0) is 21.0. The number of rotatable bonds is 5. The Labute approximate surface area is 181 Å². The van der Waals surface area contributed by atoms with E-state index in [9.17, 15) is 4.79 Å². The van der Waals surface area contributed by atoms with Crippen molar-refractivity contribution in [2.75, 3.05) is 49.2 Å². The highest BCUT2D eigenvalue weighted by atomic mass is 16.5. The molecular weight excluding hydrogens is 396 g/mol. The molecule has 164 valence electrons. The molecule has 1 atom stereocenters. The third-order valence-electron chi connectivity index (χ3n) is 5.97. The van der Waals surface area contributed by atoms with Crippen LogP contribution in [0.25, 0.3) is 0 Å². The number of nitrogens with one attached hydrogen (secondary N) is 1. The number of fused-ring (bicyclic) bond motifs is 1. The molecule has 9 heteroatoms. The van der Waals surface area contributed by atoms with E-state index in [0.29, 0.717) is 37.4 Å². The van der Waals surface area contributed by atoms with E-state index >= 15 is 0 Å². The van der Waals surface area contributed by atoms with Crippen molar-refractivity contribution in [1.82, 2.24) is 20.3 Å². The van der Waals surface area contributed by atoms with Gasteiger partial charge in [0.15, 0.2) is 11.9 Å². The lowest BCUT2D eigenvalue weighted by atomic mass is 10.0. The van der Waals surface area contributed by atoms with Crippen molar-refractivity contribution in [3.05, 3.63) is 35.7 Å². The fraction of sp³-hybridized carbons (Fsp3) is 0.545. The lowest BCUT2D eigenvalue weighted by molar-refractivity contribution is -0.128. The number of ether oxygens (including phenoxy) is 2. The average molecular weight is 425 g/mol. The Bertz CT molecular complexity index is 927. The van der Waals surface area contributed by atoms with Crippen LogP contribution in [0.3, 0.4) is 0 Å². The first-order chi connectivity index (χ1) is 15.3. The number of nitrogens with zero attached hydrogens (tertiary/aromatic N) is 5. The van der Waals surface area contributed by atoms with Crippen LogP contribution >= 0.6 is 0 Å². The maximum atomic E-state index is 12.8. The monoisotopic (exact) mass is 424 g/mol. The van der Waals surface area contributed by atoms with Gasteiger partial charge in [-0.25, -0.2) is 0 Å². The lowest BCUT2D eigenvalue weighted by Gasteiger charge is -2.28. The van der Waals surface area contributed by atoms with Crippen molar-refractivity contribution < 1.29 is 14.3 Å². The molecule has 0 spiro atoms. The lowest BCUT2D eigenvalue weighted by Crippen LogP contribution is -2.41. The second kappa shape index (κ2) is 9.05. The minimum Gasteiger partial charge on any atom is -0.480 e. The molecule has 4 heterocycles. The number of aromatic nitrogens is 3. The normalized spacial score (nSPS) is 20.8. The second-order valence-corrected chi connectivity index (χ2v) is 8.12. The predicted octanol–water partition coefficient (Wildman–Crippen LogP) is 1.32. The Kier molecular flexibility index (Phi) is 5.84. The number of anilines is 2. The standard InChI is InChI=1S/C22H28N6O3/c29-20(18-8-7-16-5-1-2-6-17(16)31-18)23-15-19-24-21(27-9-3-4-10-27)26-22(25-19)28-11-13-30-14-12-28/h1-2,5-6,18H,3-4,7-15H2,(H,23,29). The Hall–Kier alpha value is -2.94. The van der Waals surface area contributed by atoms with Gasteiger partial charge in [-0.05, 0) is 37.3 Å². The van der Waals surface area contributed by atoms with Crippen LogP contribution < -0.4 is 19.9 Å². The van der Waals surface area contributed by atoms with Crippen molar-refractivity contribution in [2.45, 2.75) is 38.3 Å². The highest BCUT2D eigenvalue weighted by Crippen LogP contribution is 2.27. The average Bonchev–Trinajstić information content (AvgIpc) is 3.38. The Morgan fingerprint density at radius 2 is 1.71 bits per heavy atom. The quantitative estimate of drug-likeness (QED) is 0.768. The zero-order valence-corrected chi connectivity index (χ0v) is 17.6. The van der Waals surface area contributed by atoms with Gasteiger partial charge in [0.05, 0.1) is 19.8 Å². The molecule has 0 saturated carbocycles. The predicted molar refractivity (Wildman–Crippen MR) is 115 cm³/mol. The van der Waals surface area contributed by atoms with Gasteiger partial charge in [0.25, 0.3) is 5.91 Å². The Morgan fingerprint density at radius 3 is 2.48 bits per heavy atom. The summed E-state index contributed by atoms with van der Waals surface area (Å²) in [5, 5.41) is 2.97. The van der Waals surface area contributed by atoms with Crippen LogP contribution in [0.15, 0.2) is 24.3 Å². The summed E-state index contributed by atoms with van der Waals surface area (Å²) in [4.78, 5) is 31.1. The number of benzene rings is 1. The molecule has 2 saturated heterocycles. The summed E-state index contributed by atoms with van der Waals surface area (Å²) in [6.45, 7) is 4.99. The number of hydrogen-bond acceptors (Lipinski definition) is 8. The van der Waals surface area contributed by atoms with Crippen LogP contribution in [0.2, 0.25) is 0 Å². The molecule has 1 unspecified atom stereocenters. The van der Waals surface area contributed by atoms with Gasteiger partial charge >= 0.3 is 0 Å². The first-order valence-electron chi connectivity index (χ1n) is 11.1. The van der Waals surface area contributed by atoms with E-state index in [1.807, 2.05) is 24.3 Å². The van der Waals surface area contributed by atoms with Gasteiger partial charge in [0, 0.05) is 26.2 Å². The fourth-order valence-corrected chi connectivity index (χ4v) is 4.23. The van der Waals surface area contributed by atoms with E-state index in [1.54, 1.807) is 0 Å². The highest BCUT2D eigenvalue weighted by molar-refractivity contribution is 5.81. The summed E-state index contributed by atoms with van der Waals surface area (Å²) < 4.78 is 11.4. The molecule has 3 aliphatic rings. The molecule has 1 aromatic carbocycles. The third kappa shape index (κ3) is 4.56. The van der Waals surface area contributed by atoms with E-state index in [-0.39, 0.29) is 12.5 Å². The van der Waals surface area contributed by atoms with Crippen molar-refractivity contribution in [3.63, 3.8) is 0 Å². The smallest absolute Gasteiger partial charge is 0.261 e. The van der Waals surface area contributed by atoms with E-state index in [1.165, 1.54) is 0 Å². The first kappa shape index (κ1) is 20.0. The maximum Gasteiger partial charge on any atom is 0.261 e. The largest absolute Gasteiger partial charge is 0.480 e. The Morgan fingerprint density at radius 1 is 1.00 bits per heavy atom. The molecule has 3 aliphatic heterocycles. The van der Waals surface area contributed by atoms with Gasteiger partial charge in [-0.15, -0.1) is 0 Å². The Balaban J connectivity index is 1.28. The maximum absolute atomic E-state index is 12.8. The summed E-state index contributed by atoms with van der Waals surface area (Å²) in [6, 6.07) is 7.88. The minimum absolute atomic E-state index is 0.134. The molecule has 1 N–H and O–H groups in total. The SMILES string of the molecule is O=C(NCc1nc(N2CCCC2)nc(N2CCOCC2)n1)C1CCc2ccccc2O1. The van der Waals surface area contributed by atoms with E-state index < -0.39 is 6.10 Å². The molecule has 5 rings (SSSR count). The number of morpholine rings is 1. The topological polar surface area (TPSA) is 92.7 Å². The van der Waals surface area contributed by atoms with Gasteiger partial charge in [-0.3, -0.25) is 4.79 Å². The molecule has 0 bridgehead atoms. The van der Waals surface area contributed by atoms with Crippen LogP contribution in [0, 0.1) is 0 Å². The van der Waals surface area contributed by atoms with E-state index in [4.69, 9.17) is 14.5 Å². The van der Waals surface area contributed by atoms with Gasteiger partial charge in [-0.1, -0.05) is 18.2 Å². The van der Waals surface area contributed by atoms with Gasteiger partial charge in [0.1, 0.15) is 5.75 Å². The number of hydrogen-bond donors (Lipinski definition) is 1. The number of para-hydroxylation sites is 1. The van der Waals surface area contributed by atoms with Crippen LogP contribution in [0.4, 0.5) is 11.9 Å². The van der Waals surface area contributed by atoms with E-state index in [0.717, 1.165) is 56.8 Å². The van der Waals surface area contributed by atoms with Crippen molar-refractivity contribution >= 4 is 17.8 Å². The summed E-state index contributed by atoms with van der Waals surface area (Å²) >= 11 is 0. The van der Waals surface area contributed by atoms with Crippen LogP contribution in [0.5, 0.6) is 5.75 Å². The third-order valence-corrected chi connectivity index (χ3v) is 5.97. The molecule has 0 radical (unpaired) electrons. The fourth-order valence-electron chi connectivity index (χ4n) is 4.23. The van der Waals surface area contributed by atoms with Crippen LogP contribution in [-0.4, -0.2) is 66.4 Å². The molecule has 9 nitrogen and oxygen atoms in total. The molecule has 1 amide bonds. The minimum atomic E-state index is -0.492. The summed E-state index contributed by atoms with van der Waals surface area (Å²) in [6.07, 6.45) is 3.29. The zero-order valence-electron chi connectivity index (χ0n) is 17.6.